The molecular weight excluding hydrogens is 394 g/mol. The van der Waals surface area contributed by atoms with E-state index in [1.165, 1.54) is 0 Å². The highest BCUT2D eigenvalue weighted by Gasteiger charge is 2.59. The number of nitrogens with zero attached hydrogens (tertiary/aromatic N) is 5. The minimum absolute atomic E-state index is 0.183. The molecule has 3 saturated heterocycles. The first-order valence-corrected chi connectivity index (χ1v) is 10.0. The van der Waals surface area contributed by atoms with Gasteiger partial charge in [-0.3, -0.25) is 0 Å². The van der Waals surface area contributed by atoms with Crippen molar-refractivity contribution in [1.82, 2.24) is 15.0 Å². The molecular formula is C19H31N5O6. The van der Waals surface area contributed by atoms with Crippen LogP contribution in [0.15, 0.2) is 0 Å². The van der Waals surface area contributed by atoms with E-state index >= 15 is 0 Å². The lowest BCUT2D eigenvalue weighted by molar-refractivity contribution is -0.230. The highest BCUT2D eigenvalue weighted by molar-refractivity contribution is 5.38. The minimum Gasteiger partial charge on any atom is -0.454 e. The maximum absolute atomic E-state index is 6.28. The van der Waals surface area contributed by atoms with Gasteiger partial charge in [-0.1, -0.05) is 0 Å². The van der Waals surface area contributed by atoms with E-state index in [9.17, 15) is 0 Å². The zero-order chi connectivity index (χ0) is 21.8. The Morgan fingerprint density at radius 1 is 0.833 bits per heavy atom. The number of hydrogen-bond acceptors (Lipinski definition) is 11. The predicted octanol–water partition coefficient (Wildman–Crippen LogP) is 0.779. The summed E-state index contributed by atoms with van der Waals surface area (Å²) in [5.41, 5.74) is 0. The average molecular weight is 425 g/mol. The summed E-state index contributed by atoms with van der Waals surface area (Å²) in [6.45, 7) is 7.80. The second-order valence-corrected chi connectivity index (χ2v) is 9.03. The molecule has 0 amide bonds. The van der Waals surface area contributed by atoms with Crippen LogP contribution in [0.5, 0.6) is 6.01 Å². The molecule has 11 nitrogen and oxygen atoms in total. The zero-order valence-electron chi connectivity index (χ0n) is 18.8. The van der Waals surface area contributed by atoms with Gasteiger partial charge in [0.2, 0.25) is 11.9 Å². The second kappa shape index (κ2) is 7.41. The van der Waals surface area contributed by atoms with E-state index in [1.807, 2.05) is 55.9 Å². The summed E-state index contributed by atoms with van der Waals surface area (Å²) in [5, 5.41) is 0. The largest absolute Gasteiger partial charge is 0.454 e. The van der Waals surface area contributed by atoms with Crippen LogP contribution in [0.1, 0.15) is 27.7 Å². The van der Waals surface area contributed by atoms with E-state index in [1.54, 1.807) is 9.80 Å². The number of rotatable bonds is 5. The molecule has 0 spiro atoms. The van der Waals surface area contributed by atoms with E-state index in [0.29, 0.717) is 18.5 Å². The SMILES string of the molecule is CN(C)c1nc(O[C@H]2[C@H]([C@@H]3COC(C)(C)O3)O[C@H]3OC(C)(C)O[C@@H]32)nc(N(C)C)n1. The Bertz CT molecular complexity index is 762. The zero-order valence-corrected chi connectivity index (χ0v) is 18.8. The van der Waals surface area contributed by atoms with Crippen LogP contribution in [-0.2, 0) is 23.7 Å². The van der Waals surface area contributed by atoms with Crippen molar-refractivity contribution >= 4 is 11.9 Å². The standard InChI is InChI=1S/C19H31N5O6/c1-18(2)25-9-10(28-18)11-12(13-14(26-11)30-19(3,4)29-13)27-17-21-15(23(5)6)20-16(22-17)24(7)8/h10-14H,9H2,1-8H3/t10-,11-,12-,13+,14-/m0/s1. The van der Waals surface area contributed by atoms with Gasteiger partial charge in [-0.15, -0.1) is 0 Å². The van der Waals surface area contributed by atoms with Crippen LogP contribution in [0.3, 0.4) is 0 Å². The van der Waals surface area contributed by atoms with Crippen LogP contribution < -0.4 is 14.5 Å². The van der Waals surface area contributed by atoms with Crippen molar-refractivity contribution in [3.63, 3.8) is 0 Å². The van der Waals surface area contributed by atoms with Gasteiger partial charge in [0, 0.05) is 28.2 Å². The van der Waals surface area contributed by atoms with Gasteiger partial charge in [-0.2, -0.15) is 15.0 Å². The smallest absolute Gasteiger partial charge is 0.323 e. The maximum Gasteiger partial charge on any atom is 0.323 e. The normalized spacial score (nSPS) is 34.1. The molecule has 168 valence electrons. The van der Waals surface area contributed by atoms with Crippen molar-refractivity contribution in [2.24, 2.45) is 0 Å². The number of ether oxygens (including phenoxy) is 6. The quantitative estimate of drug-likeness (QED) is 0.669. The van der Waals surface area contributed by atoms with Crippen LogP contribution in [0.4, 0.5) is 11.9 Å². The van der Waals surface area contributed by atoms with Crippen LogP contribution >= 0.6 is 0 Å². The van der Waals surface area contributed by atoms with Crippen molar-refractivity contribution in [3.05, 3.63) is 0 Å². The molecule has 1 aromatic rings. The van der Waals surface area contributed by atoms with Crippen molar-refractivity contribution in [2.75, 3.05) is 44.6 Å². The van der Waals surface area contributed by atoms with Crippen molar-refractivity contribution < 1.29 is 28.4 Å². The summed E-state index contributed by atoms with van der Waals surface area (Å²) < 4.78 is 36.2. The Kier molecular flexibility index (Phi) is 5.30. The van der Waals surface area contributed by atoms with Gasteiger partial charge in [-0.25, -0.2) is 0 Å². The lowest BCUT2D eigenvalue weighted by atomic mass is 10.1. The molecule has 30 heavy (non-hydrogen) atoms. The van der Waals surface area contributed by atoms with E-state index in [-0.39, 0.29) is 12.1 Å². The van der Waals surface area contributed by atoms with Crippen LogP contribution in [0, 0.1) is 0 Å². The second-order valence-electron chi connectivity index (χ2n) is 9.03. The first kappa shape index (κ1) is 21.4. The molecule has 0 radical (unpaired) electrons. The Hall–Kier alpha value is -1.79. The van der Waals surface area contributed by atoms with Crippen molar-refractivity contribution in [2.45, 2.75) is 70.0 Å². The van der Waals surface area contributed by atoms with Crippen LogP contribution in [0.25, 0.3) is 0 Å². The molecule has 0 aromatic carbocycles. The number of hydrogen-bond donors (Lipinski definition) is 0. The molecule has 0 aliphatic carbocycles. The molecule has 0 saturated carbocycles. The third-order valence-corrected chi connectivity index (χ3v) is 5.06. The fraction of sp³-hybridized carbons (Fsp3) is 0.842. The molecule has 0 unspecified atom stereocenters. The van der Waals surface area contributed by atoms with E-state index < -0.39 is 36.2 Å². The van der Waals surface area contributed by atoms with E-state index in [2.05, 4.69) is 15.0 Å². The lowest BCUT2D eigenvalue weighted by Gasteiger charge is -2.29. The summed E-state index contributed by atoms with van der Waals surface area (Å²) in [4.78, 5) is 16.9. The highest BCUT2D eigenvalue weighted by atomic mass is 16.8. The predicted molar refractivity (Wildman–Crippen MR) is 106 cm³/mol. The lowest BCUT2D eigenvalue weighted by Crippen LogP contribution is -2.46. The third-order valence-electron chi connectivity index (χ3n) is 5.06. The summed E-state index contributed by atoms with van der Waals surface area (Å²) in [5.74, 6) is -0.500. The summed E-state index contributed by atoms with van der Waals surface area (Å²) in [6, 6.07) is 0.183. The van der Waals surface area contributed by atoms with Crippen molar-refractivity contribution in [3.8, 4) is 6.01 Å². The Morgan fingerprint density at radius 2 is 1.47 bits per heavy atom. The van der Waals surface area contributed by atoms with Crippen LogP contribution in [-0.4, -0.2) is 92.0 Å². The molecule has 11 heteroatoms. The van der Waals surface area contributed by atoms with Gasteiger partial charge in [0.25, 0.3) is 0 Å². The van der Waals surface area contributed by atoms with E-state index in [4.69, 9.17) is 28.4 Å². The molecule has 1 aromatic heterocycles. The van der Waals surface area contributed by atoms with Gasteiger partial charge in [0.05, 0.1) is 6.61 Å². The number of anilines is 2. The molecule has 0 bridgehead atoms. The molecule has 0 N–H and O–H groups in total. The Morgan fingerprint density at radius 3 is 2.00 bits per heavy atom. The van der Waals surface area contributed by atoms with Gasteiger partial charge in [-0.05, 0) is 27.7 Å². The summed E-state index contributed by atoms with van der Waals surface area (Å²) >= 11 is 0. The van der Waals surface area contributed by atoms with Gasteiger partial charge in [0.1, 0.15) is 12.2 Å². The fourth-order valence-corrected chi connectivity index (χ4v) is 3.72. The Labute approximate surface area is 176 Å². The molecule has 3 aliphatic heterocycles. The fourth-order valence-electron chi connectivity index (χ4n) is 3.72. The maximum atomic E-state index is 6.28. The first-order valence-electron chi connectivity index (χ1n) is 10.0. The molecule has 3 fully saturated rings. The Balaban J connectivity index is 1.63. The average Bonchev–Trinajstić information content (AvgIpc) is 3.24. The molecule has 4 rings (SSSR count). The molecule has 5 atom stereocenters. The van der Waals surface area contributed by atoms with Gasteiger partial charge >= 0.3 is 6.01 Å². The topological polar surface area (TPSA) is 101 Å². The summed E-state index contributed by atoms with van der Waals surface area (Å²) in [7, 11) is 7.44. The van der Waals surface area contributed by atoms with Gasteiger partial charge < -0.3 is 38.2 Å². The third kappa shape index (κ3) is 4.17. The summed E-state index contributed by atoms with van der Waals surface area (Å²) in [6.07, 6.45) is -2.40. The van der Waals surface area contributed by atoms with Gasteiger partial charge in [0.15, 0.2) is 30.1 Å². The van der Waals surface area contributed by atoms with Crippen LogP contribution in [0.2, 0.25) is 0 Å². The number of fused-ring (bicyclic) bond motifs is 1. The van der Waals surface area contributed by atoms with Crippen molar-refractivity contribution in [1.29, 1.82) is 0 Å². The van der Waals surface area contributed by atoms with E-state index in [0.717, 1.165) is 0 Å². The highest BCUT2D eigenvalue weighted by Crippen LogP contribution is 2.42. The monoisotopic (exact) mass is 425 g/mol. The minimum atomic E-state index is -0.781. The number of aromatic nitrogens is 3. The molecule has 4 heterocycles. The molecule has 3 aliphatic rings. The first-order chi connectivity index (χ1) is 13.9.